The molecule has 0 bridgehead atoms. The fourth-order valence-corrected chi connectivity index (χ4v) is 2.50. The third-order valence-electron chi connectivity index (χ3n) is 3.97. The van der Waals surface area contributed by atoms with Crippen LogP contribution in [0.15, 0.2) is 55.1 Å². The number of rotatable bonds is 17. The SMILES string of the molecule is C=CC(=O)OCCOCCOCCOCCOCCOc1ccc2ccccc2c1. The quantitative estimate of drug-likeness (QED) is 0.222. The van der Waals surface area contributed by atoms with Gasteiger partial charge in [-0.1, -0.05) is 36.9 Å². The molecule has 0 heterocycles. The van der Waals surface area contributed by atoms with Crippen molar-refractivity contribution < 1.29 is 33.2 Å². The van der Waals surface area contributed by atoms with Crippen molar-refractivity contribution in [1.82, 2.24) is 0 Å². The van der Waals surface area contributed by atoms with Gasteiger partial charge < -0.3 is 28.4 Å². The van der Waals surface area contributed by atoms with Crippen molar-refractivity contribution in [2.24, 2.45) is 0 Å². The summed E-state index contributed by atoms with van der Waals surface area (Å²) in [5.41, 5.74) is 0. The van der Waals surface area contributed by atoms with Crippen LogP contribution in [0.3, 0.4) is 0 Å². The number of hydrogen-bond donors (Lipinski definition) is 0. The molecule has 0 aliphatic rings. The Labute approximate surface area is 177 Å². The van der Waals surface area contributed by atoms with Gasteiger partial charge in [0.25, 0.3) is 0 Å². The van der Waals surface area contributed by atoms with E-state index < -0.39 is 5.97 Å². The van der Waals surface area contributed by atoms with Crippen LogP contribution in [0.2, 0.25) is 0 Å². The molecule has 2 aromatic rings. The summed E-state index contributed by atoms with van der Waals surface area (Å²) < 4.78 is 32.0. The van der Waals surface area contributed by atoms with Crippen molar-refractivity contribution in [3.63, 3.8) is 0 Å². The lowest BCUT2D eigenvalue weighted by Gasteiger charge is -2.09. The van der Waals surface area contributed by atoms with Gasteiger partial charge in [-0.2, -0.15) is 0 Å². The Morgan fingerprint density at radius 3 is 1.83 bits per heavy atom. The molecular weight excluding hydrogens is 388 g/mol. The number of esters is 1. The highest BCUT2D eigenvalue weighted by molar-refractivity contribution is 5.83. The van der Waals surface area contributed by atoms with Gasteiger partial charge in [-0.3, -0.25) is 0 Å². The van der Waals surface area contributed by atoms with Gasteiger partial charge in [-0.25, -0.2) is 4.79 Å². The number of benzene rings is 2. The number of hydrogen-bond acceptors (Lipinski definition) is 7. The zero-order chi connectivity index (χ0) is 21.3. The lowest BCUT2D eigenvalue weighted by molar-refractivity contribution is -0.139. The Morgan fingerprint density at radius 1 is 0.700 bits per heavy atom. The third kappa shape index (κ3) is 10.4. The van der Waals surface area contributed by atoms with Crippen LogP contribution in [0.5, 0.6) is 5.75 Å². The zero-order valence-corrected chi connectivity index (χ0v) is 17.3. The molecular formula is C23H30O7. The molecule has 7 heteroatoms. The summed E-state index contributed by atoms with van der Waals surface area (Å²) in [7, 11) is 0. The second-order valence-corrected chi connectivity index (χ2v) is 6.18. The van der Waals surface area contributed by atoms with Crippen LogP contribution in [0.4, 0.5) is 0 Å². The Hall–Kier alpha value is -2.45. The summed E-state index contributed by atoms with van der Waals surface area (Å²) in [6, 6.07) is 14.2. The first-order valence-electron chi connectivity index (χ1n) is 10.0. The maximum Gasteiger partial charge on any atom is 0.330 e. The van der Waals surface area contributed by atoms with Gasteiger partial charge in [0.2, 0.25) is 0 Å². The minimum atomic E-state index is -0.451. The van der Waals surface area contributed by atoms with Crippen molar-refractivity contribution in [2.45, 2.75) is 0 Å². The van der Waals surface area contributed by atoms with Crippen molar-refractivity contribution in [3.05, 3.63) is 55.1 Å². The van der Waals surface area contributed by atoms with Gasteiger partial charge in [0, 0.05) is 6.08 Å². The van der Waals surface area contributed by atoms with Gasteiger partial charge in [0.15, 0.2) is 0 Å². The molecule has 0 aliphatic heterocycles. The first-order valence-corrected chi connectivity index (χ1v) is 10.0. The minimum Gasteiger partial charge on any atom is -0.491 e. The van der Waals surface area contributed by atoms with Gasteiger partial charge in [-0.05, 0) is 22.9 Å². The fourth-order valence-electron chi connectivity index (χ4n) is 2.50. The molecule has 0 saturated carbocycles. The van der Waals surface area contributed by atoms with Crippen LogP contribution in [-0.2, 0) is 28.5 Å². The molecule has 0 unspecified atom stereocenters. The largest absolute Gasteiger partial charge is 0.491 e. The van der Waals surface area contributed by atoms with E-state index in [4.69, 9.17) is 28.4 Å². The van der Waals surface area contributed by atoms with Crippen molar-refractivity contribution in [1.29, 1.82) is 0 Å². The Balaban J connectivity index is 1.33. The summed E-state index contributed by atoms with van der Waals surface area (Å²) in [5.74, 6) is 0.390. The van der Waals surface area contributed by atoms with E-state index in [-0.39, 0.29) is 6.61 Å². The van der Waals surface area contributed by atoms with Crippen LogP contribution in [0.25, 0.3) is 10.8 Å². The molecule has 0 radical (unpaired) electrons. The van der Waals surface area contributed by atoms with E-state index in [9.17, 15) is 4.79 Å². The van der Waals surface area contributed by atoms with Crippen LogP contribution < -0.4 is 4.74 Å². The van der Waals surface area contributed by atoms with Crippen LogP contribution in [0.1, 0.15) is 0 Å². The summed E-state index contributed by atoms with van der Waals surface area (Å²) >= 11 is 0. The monoisotopic (exact) mass is 418 g/mol. The maximum absolute atomic E-state index is 10.8. The highest BCUT2D eigenvalue weighted by atomic mass is 16.6. The standard InChI is InChI=1S/C23H30O7/c1-2-23(24)30-18-16-28-14-12-26-10-9-25-11-13-27-15-17-29-22-8-7-20-5-3-4-6-21(20)19-22/h2-8,19H,1,9-18H2. The van der Waals surface area contributed by atoms with E-state index >= 15 is 0 Å². The lowest BCUT2D eigenvalue weighted by Crippen LogP contribution is -2.14. The average molecular weight is 418 g/mol. The number of carbonyl (C=O) groups is 1. The predicted octanol–water partition coefficient (Wildman–Crippen LogP) is 3.01. The summed E-state index contributed by atoms with van der Waals surface area (Å²) in [5, 5.41) is 2.36. The summed E-state index contributed by atoms with van der Waals surface area (Å²) in [6.07, 6.45) is 1.12. The molecule has 0 fully saturated rings. The lowest BCUT2D eigenvalue weighted by atomic mass is 10.1. The van der Waals surface area contributed by atoms with Crippen molar-refractivity contribution in [2.75, 3.05) is 66.1 Å². The molecule has 0 N–H and O–H groups in total. The second-order valence-electron chi connectivity index (χ2n) is 6.18. The van der Waals surface area contributed by atoms with E-state index in [0.717, 1.165) is 17.2 Å². The van der Waals surface area contributed by atoms with Gasteiger partial charge in [-0.15, -0.1) is 0 Å². The minimum absolute atomic E-state index is 0.210. The maximum atomic E-state index is 10.8. The normalized spacial score (nSPS) is 10.8. The Morgan fingerprint density at radius 2 is 1.23 bits per heavy atom. The highest BCUT2D eigenvalue weighted by Crippen LogP contribution is 2.20. The van der Waals surface area contributed by atoms with E-state index in [0.29, 0.717) is 59.5 Å². The molecule has 2 aromatic carbocycles. The number of carbonyl (C=O) groups excluding carboxylic acids is 1. The molecule has 7 nitrogen and oxygen atoms in total. The zero-order valence-electron chi connectivity index (χ0n) is 17.3. The van der Waals surface area contributed by atoms with Gasteiger partial charge in [0.1, 0.15) is 19.0 Å². The second kappa shape index (κ2) is 15.4. The first-order chi connectivity index (χ1) is 14.8. The van der Waals surface area contributed by atoms with Crippen LogP contribution >= 0.6 is 0 Å². The van der Waals surface area contributed by atoms with Gasteiger partial charge >= 0.3 is 5.97 Å². The molecule has 164 valence electrons. The molecule has 30 heavy (non-hydrogen) atoms. The van der Waals surface area contributed by atoms with E-state index in [2.05, 4.69) is 24.8 Å². The molecule has 0 spiro atoms. The van der Waals surface area contributed by atoms with Crippen molar-refractivity contribution >= 4 is 16.7 Å². The van der Waals surface area contributed by atoms with E-state index in [1.807, 2.05) is 24.3 Å². The predicted molar refractivity (Wildman–Crippen MR) is 114 cm³/mol. The number of ether oxygens (including phenoxy) is 6. The molecule has 0 aromatic heterocycles. The molecule has 0 aliphatic carbocycles. The Bertz CT molecular complexity index is 747. The molecule has 2 rings (SSSR count). The summed E-state index contributed by atoms with van der Waals surface area (Å²) in [4.78, 5) is 10.8. The fraction of sp³-hybridized carbons (Fsp3) is 0.435. The third-order valence-corrected chi connectivity index (χ3v) is 3.97. The van der Waals surface area contributed by atoms with Crippen molar-refractivity contribution in [3.8, 4) is 5.75 Å². The van der Waals surface area contributed by atoms with E-state index in [1.165, 1.54) is 5.39 Å². The van der Waals surface area contributed by atoms with E-state index in [1.54, 1.807) is 0 Å². The smallest absolute Gasteiger partial charge is 0.330 e. The Kier molecular flexibility index (Phi) is 12.2. The number of fused-ring (bicyclic) bond motifs is 1. The molecule has 0 amide bonds. The van der Waals surface area contributed by atoms with Crippen LogP contribution in [0, 0.1) is 0 Å². The summed E-state index contributed by atoms with van der Waals surface area (Å²) in [6.45, 7) is 7.74. The van der Waals surface area contributed by atoms with Crippen LogP contribution in [-0.4, -0.2) is 72.0 Å². The average Bonchev–Trinajstić information content (AvgIpc) is 2.78. The molecule has 0 saturated heterocycles. The highest BCUT2D eigenvalue weighted by Gasteiger charge is 1.98. The molecule has 0 atom stereocenters. The topological polar surface area (TPSA) is 72.5 Å². The van der Waals surface area contributed by atoms with Gasteiger partial charge in [0.05, 0.1) is 52.9 Å². The first kappa shape index (κ1) is 23.8.